The van der Waals surface area contributed by atoms with E-state index in [0.29, 0.717) is 17.1 Å². The zero-order valence-corrected chi connectivity index (χ0v) is 17.8. The minimum atomic E-state index is -0.749. The lowest BCUT2D eigenvalue weighted by Crippen LogP contribution is -2.30. The van der Waals surface area contributed by atoms with Crippen molar-refractivity contribution in [1.82, 2.24) is 4.90 Å². The zero-order valence-electron chi connectivity index (χ0n) is 17.0. The summed E-state index contributed by atoms with van der Waals surface area (Å²) in [6, 6.07) is 8.40. The van der Waals surface area contributed by atoms with E-state index in [1.165, 1.54) is 30.5 Å². The average Bonchev–Trinajstić information content (AvgIpc) is 3.29. The Morgan fingerprint density at radius 3 is 2.55 bits per heavy atom. The van der Waals surface area contributed by atoms with E-state index in [1.807, 2.05) is 31.4 Å². The monoisotopic (exact) mass is 415 g/mol. The standard InChI is InChI=1S/C22H25NO5S/c1-13(2)11-16(24)18-19(15-8-5-9-17(27-3)21(15)28-4)23(22(26)20(18)25)12-14-7-6-10-29-14/h5-10,13,19,25H,11-12H2,1-4H3. The molecule has 0 saturated carbocycles. The van der Waals surface area contributed by atoms with Crippen molar-refractivity contribution in [1.29, 1.82) is 0 Å². The van der Waals surface area contributed by atoms with Crippen molar-refractivity contribution >= 4 is 23.0 Å². The molecule has 1 aromatic carbocycles. The number of methoxy groups -OCH3 is 2. The quantitative estimate of drug-likeness (QED) is 0.697. The van der Waals surface area contributed by atoms with E-state index in [9.17, 15) is 14.7 Å². The Kier molecular flexibility index (Phi) is 6.27. The number of carbonyl (C=O) groups is 2. The summed E-state index contributed by atoms with van der Waals surface area (Å²) in [5.74, 6) is -0.252. The van der Waals surface area contributed by atoms with Gasteiger partial charge in [0.15, 0.2) is 23.0 Å². The topological polar surface area (TPSA) is 76.1 Å². The average molecular weight is 416 g/mol. The van der Waals surface area contributed by atoms with Crippen LogP contribution in [0.3, 0.4) is 0 Å². The Morgan fingerprint density at radius 2 is 1.97 bits per heavy atom. The molecule has 0 spiro atoms. The largest absolute Gasteiger partial charge is 0.503 e. The van der Waals surface area contributed by atoms with Gasteiger partial charge in [-0.2, -0.15) is 0 Å². The van der Waals surface area contributed by atoms with E-state index in [4.69, 9.17) is 9.47 Å². The molecule has 1 aliphatic rings. The fourth-order valence-corrected chi connectivity index (χ4v) is 4.31. The summed E-state index contributed by atoms with van der Waals surface area (Å²) >= 11 is 1.51. The van der Waals surface area contributed by atoms with Crippen LogP contribution in [0.25, 0.3) is 0 Å². The highest BCUT2D eigenvalue weighted by Crippen LogP contribution is 2.45. The van der Waals surface area contributed by atoms with Gasteiger partial charge in [-0.25, -0.2) is 0 Å². The highest BCUT2D eigenvalue weighted by molar-refractivity contribution is 7.09. The highest BCUT2D eigenvalue weighted by atomic mass is 32.1. The number of ketones is 1. The van der Waals surface area contributed by atoms with Gasteiger partial charge in [-0.15, -0.1) is 11.3 Å². The number of aliphatic hydroxyl groups is 1. The smallest absolute Gasteiger partial charge is 0.290 e. The third-order valence-corrected chi connectivity index (χ3v) is 5.69. The van der Waals surface area contributed by atoms with Gasteiger partial charge in [0, 0.05) is 16.9 Å². The molecular weight excluding hydrogens is 390 g/mol. The molecule has 2 aromatic rings. The van der Waals surface area contributed by atoms with E-state index in [2.05, 4.69) is 0 Å². The number of rotatable bonds is 8. The molecule has 1 aliphatic heterocycles. The maximum Gasteiger partial charge on any atom is 0.290 e. The number of carbonyl (C=O) groups excluding carboxylic acids is 2. The summed E-state index contributed by atoms with van der Waals surface area (Å²) in [7, 11) is 3.05. The van der Waals surface area contributed by atoms with Gasteiger partial charge in [0.2, 0.25) is 0 Å². The van der Waals surface area contributed by atoms with Gasteiger partial charge in [-0.05, 0) is 23.4 Å². The number of aliphatic hydroxyl groups excluding tert-OH is 1. The number of Topliss-reactive ketones (excluding diaryl/α,β-unsaturated/α-hetero) is 1. The third-order valence-electron chi connectivity index (χ3n) is 4.83. The number of nitrogens with zero attached hydrogens (tertiary/aromatic N) is 1. The van der Waals surface area contributed by atoms with Crippen molar-refractivity contribution in [3.8, 4) is 11.5 Å². The van der Waals surface area contributed by atoms with Gasteiger partial charge in [0.25, 0.3) is 5.91 Å². The lowest BCUT2D eigenvalue weighted by molar-refractivity contribution is -0.130. The van der Waals surface area contributed by atoms with Crippen LogP contribution in [-0.4, -0.2) is 35.9 Å². The van der Waals surface area contributed by atoms with Gasteiger partial charge < -0.3 is 19.5 Å². The molecule has 1 N–H and O–H groups in total. The van der Waals surface area contributed by atoms with Crippen LogP contribution in [0.15, 0.2) is 47.0 Å². The number of hydrogen-bond donors (Lipinski definition) is 1. The molecular formula is C22H25NO5S. The summed E-state index contributed by atoms with van der Waals surface area (Å²) in [6.45, 7) is 4.14. The SMILES string of the molecule is COc1cccc(C2C(C(=O)CC(C)C)=C(O)C(=O)N2Cc2cccs2)c1OC. The van der Waals surface area contributed by atoms with Gasteiger partial charge in [0.05, 0.1) is 32.4 Å². The summed E-state index contributed by atoms with van der Waals surface area (Å²) in [5.41, 5.74) is 0.722. The Bertz CT molecular complexity index is 933. The molecule has 2 heterocycles. The summed E-state index contributed by atoms with van der Waals surface area (Å²) in [4.78, 5) is 28.5. The van der Waals surface area contributed by atoms with Gasteiger partial charge in [-0.3, -0.25) is 9.59 Å². The molecule has 1 unspecified atom stereocenters. The zero-order chi connectivity index (χ0) is 21.1. The number of benzene rings is 1. The van der Waals surface area contributed by atoms with E-state index in [-0.39, 0.29) is 30.2 Å². The molecule has 3 rings (SSSR count). The molecule has 0 aliphatic carbocycles. The molecule has 29 heavy (non-hydrogen) atoms. The van der Waals surface area contributed by atoms with Crippen molar-refractivity contribution in [3.05, 3.63) is 57.5 Å². The third kappa shape index (κ3) is 4.00. The van der Waals surface area contributed by atoms with Crippen molar-refractivity contribution in [2.24, 2.45) is 5.92 Å². The molecule has 154 valence electrons. The van der Waals surface area contributed by atoms with E-state index in [0.717, 1.165) is 4.88 Å². The van der Waals surface area contributed by atoms with Crippen LogP contribution in [0.2, 0.25) is 0 Å². The van der Waals surface area contributed by atoms with Crippen LogP contribution in [0, 0.1) is 5.92 Å². The lowest BCUT2D eigenvalue weighted by atomic mass is 9.91. The predicted molar refractivity (Wildman–Crippen MR) is 111 cm³/mol. The van der Waals surface area contributed by atoms with Gasteiger partial charge >= 0.3 is 0 Å². The first-order chi connectivity index (χ1) is 13.9. The van der Waals surface area contributed by atoms with Crippen LogP contribution in [-0.2, 0) is 16.1 Å². The van der Waals surface area contributed by atoms with E-state index < -0.39 is 17.7 Å². The maximum atomic E-state index is 13.0. The maximum absolute atomic E-state index is 13.0. The Balaban J connectivity index is 2.15. The minimum absolute atomic E-state index is 0.0945. The number of para-hydroxylation sites is 1. The van der Waals surface area contributed by atoms with Crippen molar-refractivity contribution < 1.29 is 24.2 Å². The second kappa shape index (κ2) is 8.69. The van der Waals surface area contributed by atoms with E-state index >= 15 is 0 Å². The minimum Gasteiger partial charge on any atom is -0.503 e. The molecule has 0 radical (unpaired) electrons. The van der Waals surface area contributed by atoms with Crippen LogP contribution in [0.1, 0.15) is 36.8 Å². The molecule has 6 nitrogen and oxygen atoms in total. The van der Waals surface area contributed by atoms with Gasteiger partial charge in [0.1, 0.15) is 0 Å². The number of ether oxygens (including phenoxy) is 2. The van der Waals surface area contributed by atoms with Crippen LogP contribution in [0.4, 0.5) is 0 Å². The molecule has 0 saturated heterocycles. The highest BCUT2D eigenvalue weighted by Gasteiger charge is 2.44. The Labute approximate surface area is 174 Å². The van der Waals surface area contributed by atoms with Crippen LogP contribution in [0.5, 0.6) is 11.5 Å². The number of amides is 1. The summed E-state index contributed by atoms with van der Waals surface area (Å²) < 4.78 is 11.0. The molecule has 0 fully saturated rings. The lowest BCUT2D eigenvalue weighted by Gasteiger charge is -2.28. The second-order valence-corrected chi connectivity index (χ2v) is 8.31. The van der Waals surface area contributed by atoms with E-state index in [1.54, 1.807) is 18.2 Å². The first-order valence-corrected chi connectivity index (χ1v) is 10.3. The predicted octanol–water partition coefficient (Wildman–Crippen LogP) is 4.28. The second-order valence-electron chi connectivity index (χ2n) is 7.28. The first-order valence-electron chi connectivity index (χ1n) is 9.39. The number of thiophene rings is 1. The molecule has 0 bridgehead atoms. The molecule has 1 aromatic heterocycles. The van der Waals surface area contributed by atoms with Crippen molar-refractivity contribution in [2.45, 2.75) is 32.9 Å². The van der Waals surface area contributed by atoms with Crippen LogP contribution < -0.4 is 9.47 Å². The first kappa shape index (κ1) is 20.9. The molecule has 7 heteroatoms. The Hall–Kier alpha value is -2.80. The summed E-state index contributed by atoms with van der Waals surface area (Å²) in [5, 5.41) is 12.6. The summed E-state index contributed by atoms with van der Waals surface area (Å²) in [6.07, 6.45) is 0.238. The fraction of sp³-hybridized carbons (Fsp3) is 0.364. The normalized spacial score (nSPS) is 16.7. The van der Waals surface area contributed by atoms with Crippen LogP contribution >= 0.6 is 11.3 Å². The Morgan fingerprint density at radius 1 is 1.21 bits per heavy atom. The number of hydrogen-bond acceptors (Lipinski definition) is 6. The van der Waals surface area contributed by atoms with Crippen molar-refractivity contribution in [3.63, 3.8) is 0 Å². The van der Waals surface area contributed by atoms with Crippen molar-refractivity contribution in [2.75, 3.05) is 14.2 Å². The molecule has 1 atom stereocenters. The van der Waals surface area contributed by atoms with Gasteiger partial charge in [-0.1, -0.05) is 32.0 Å². The fourth-order valence-electron chi connectivity index (χ4n) is 3.60. The molecule has 1 amide bonds.